The quantitative estimate of drug-likeness (QED) is 0.760. The second-order valence-corrected chi connectivity index (χ2v) is 5.85. The van der Waals surface area contributed by atoms with Crippen molar-refractivity contribution in [3.8, 4) is 5.75 Å². The minimum Gasteiger partial charge on any atom is -0.490 e. The molecule has 0 bridgehead atoms. The molecule has 2 nitrogen and oxygen atoms in total. The number of benzene rings is 1. The molecule has 1 saturated heterocycles. The lowest BCUT2D eigenvalue weighted by Crippen LogP contribution is -2.21. The van der Waals surface area contributed by atoms with Crippen molar-refractivity contribution >= 4 is 11.6 Å². The maximum Gasteiger partial charge on any atom is 0.123 e. The Bertz CT molecular complexity index is 427. The highest BCUT2D eigenvalue weighted by molar-refractivity contribution is 6.21. The summed E-state index contributed by atoms with van der Waals surface area (Å²) in [6.45, 7) is 3.78. The highest BCUT2D eigenvalue weighted by Gasteiger charge is 2.26. The Balaban J connectivity index is 1.78. The zero-order chi connectivity index (χ0) is 12.5. The highest BCUT2D eigenvalue weighted by atomic mass is 35.5. The molecule has 1 aromatic carbocycles. The molecule has 3 rings (SSSR count). The fourth-order valence-corrected chi connectivity index (χ4v) is 3.22. The molecule has 1 fully saturated rings. The minimum absolute atomic E-state index is 0.0616. The molecule has 0 N–H and O–H groups in total. The number of alkyl halides is 1. The average molecular weight is 267 g/mol. The van der Waals surface area contributed by atoms with Crippen LogP contribution in [-0.4, -0.2) is 19.3 Å². The fraction of sp³-hybridized carbons (Fsp3) is 0.600. The molecular weight excluding hydrogens is 248 g/mol. The van der Waals surface area contributed by atoms with Crippen LogP contribution in [0.25, 0.3) is 0 Å². The largest absolute Gasteiger partial charge is 0.490 e. The normalized spacial score (nSPS) is 28.6. The molecule has 0 aromatic heterocycles. The van der Waals surface area contributed by atoms with Crippen LogP contribution in [0.2, 0.25) is 0 Å². The predicted molar refractivity (Wildman–Crippen MR) is 72.4 cm³/mol. The van der Waals surface area contributed by atoms with Gasteiger partial charge in [-0.15, -0.1) is 11.6 Å². The number of fused-ring (bicyclic) bond motifs is 1. The maximum atomic E-state index is 6.60. The van der Waals surface area contributed by atoms with E-state index in [4.69, 9.17) is 21.1 Å². The topological polar surface area (TPSA) is 18.5 Å². The SMILES string of the molecule is CC1Cc2cc(C(Cl)C3CCCOC3)ccc2O1. The van der Waals surface area contributed by atoms with Gasteiger partial charge in [0.1, 0.15) is 11.9 Å². The minimum atomic E-state index is 0.0616. The molecule has 3 heteroatoms. The first-order valence-corrected chi connectivity index (χ1v) is 7.19. The summed E-state index contributed by atoms with van der Waals surface area (Å²) in [6, 6.07) is 6.38. The summed E-state index contributed by atoms with van der Waals surface area (Å²) in [5.41, 5.74) is 2.51. The van der Waals surface area contributed by atoms with Gasteiger partial charge in [-0.05, 0) is 37.0 Å². The van der Waals surface area contributed by atoms with Crippen LogP contribution in [0, 0.1) is 5.92 Å². The molecule has 18 heavy (non-hydrogen) atoms. The van der Waals surface area contributed by atoms with E-state index in [0.29, 0.717) is 12.0 Å². The zero-order valence-electron chi connectivity index (χ0n) is 10.7. The van der Waals surface area contributed by atoms with E-state index in [9.17, 15) is 0 Å². The summed E-state index contributed by atoms with van der Waals surface area (Å²) < 4.78 is 11.2. The Kier molecular flexibility index (Phi) is 3.49. The molecule has 2 aliphatic rings. The van der Waals surface area contributed by atoms with Gasteiger partial charge in [0.2, 0.25) is 0 Å². The van der Waals surface area contributed by atoms with Gasteiger partial charge in [0.15, 0.2) is 0 Å². The van der Waals surface area contributed by atoms with Crippen molar-refractivity contribution in [1.82, 2.24) is 0 Å². The van der Waals surface area contributed by atoms with Crippen LogP contribution in [0.5, 0.6) is 5.75 Å². The van der Waals surface area contributed by atoms with E-state index in [2.05, 4.69) is 25.1 Å². The van der Waals surface area contributed by atoms with Gasteiger partial charge < -0.3 is 9.47 Å². The number of ether oxygens (including phenoxy) is 2. The van der Waals surface area contributed by atoms with Gasteiger partial charge in [0.05, 0.1) is 12.0 Å². The summed E-state index contributed by atoms with van der Waals surface area (Å²) in [5, 5.41) is 0.0616. The molecule has 0 spiro atoms. The summed E-state index contributed by atoms with van der Waals surface area (Å²) in [7, 11) is 0. The van der Waals surface area contributed by atoms with Gasteiger partial charge in [0, 0.05) is 18.9 Å². The Morgan fingerprint density at radius 3 is 3.06 bits per heavy atom. The van der Waals surface area contributed by atoms with Crippen LogP contribution < -0.4 is 4.74 Å². The smallest absolute Gasteiger partial charge is 0.123 e. The molecule has 0 aliphatic carbocycles. The van der Waals surface area contributed by atoms with Crippen LogP contribution >= 0.6 is 11.6 Å². The van der Waals surface area contributed by atoms with Gasteiger partial charge in [0.25, 0.3) is 0 Å². The first kappa shape index (κ1) is 12.3. The molecule has 0 saturated carbocycles. The van der Waals surface area contributed by atoms with Gasteiger partial charge in [-0.1, -0.05) is 12.1 Å². The molecule has 0 radical (unpaired) electrons. The van der Waals surface area contributed by atoms with E-state index >= 15 is 0 Å². The fourth-order valence-electron chi connectivity index (χ4n) is 2.88. The summed E-state index contributed by atoms with van der Waals surface area (Å²) in [5.74, 6) is 1.47. The number of rotatable bonds is 2. The number of hydrogen-bond acceptors (Lipinski definition) is 2. The van der Waals surface area contributed by atoms with E-state index in [-0.39, 0.29) is 5.38 Å². The monoisotopic (exact) mass is 266 g/mol. The van der Waals surface area contributed by atoms with Crippen molar-refractivity contribution in [2.24, 2.45) is 5.92 Å². The Labute approximate surface area is 113 Å². The average Bonchev–Trinajstić information content (AvgIpc) is 2.78. The van der Waals surface area contributed by atoms with E-state index < -0.39 is 0 Å². The Morgan fingerprint density at radius 2 is 2.28 bits per heavy atom. The van der Waals surface area contributed by atoms with Gasteiger partial charge in [-0.2, -0.15) is 0 Å². The van der Waals surface area contributed by atoms with Gasteiger partial charge in [-0.25, -0.2) is 0 Å². The first-order valence-electron chi connectivity index (χ1n) is 6.75. The van der Waals surface area contributed by atoms with Crippen LogP contribution in [0.1, 0.15) is 36.3 Å². The lowest BCUT2D eigenvalue weighted by Gasteiger charge is -2.26. The van der Waals surface area contributed by atoms with Crippen LogP contribution in [-0.2, 0) is 11.2 Å². The third kappa shape index (κ3) is 2.36. The van der Waals surface area contributed by atoms with E-state index in [1.165, 1.54) is 11.1 Å². The molecule has 98 valence electrons. The van der Waals surface area contributed by atoms with Crippen LogP contribution in [0.15, 0.2) is 18.2 Å². The van der Waals surface area contributed by atoms with E-state index in [1.807, 2.05) is 0 Å². The number of hydrogen-bond donors (Lipinski definition) is 0. The molecule has 1 aromatic rings. The van der Waals surface area contributed by atoms with E-state index in [1.54, 1.807) is 0 Å². The number of halogens is 1. The van der Waals surface area contributed by atoms with Crippen molar-refractivity contribution < 1.29 is 9.47 Å². The second-order valence-electron chi connectivity index (χ2n) is 5.38. The molecular formula is C15H19ClO2. The summed E-state index contributed by atoms with van der Waals surface area (Å²) in [6.07, 6.45) is 3.58. The molecule has 3 unspecified atom stereocenters. The van der Waals surface area contributed by atoms with E-state index in [0.717, 1.165) is 38.2 Å². The van der Waals surface area contributed by atoms with Gasteiger partial charge in [-0.3, -0.25) is 0 Å². The van der Waals surface area contributed by atoms with Crippen molar-refractivity contribution in [1.29, 1.82) is 0 Å². The van der Waals surface area contributed by atoms with Crippen LogP contribution in [0.4, 0.5) is 0 Å². The maximum absolute atomic E-state index is 6.60. The second kappa shape index (κ2) is 5.10. The Morgan fingerprint density at radius 1 is 1.39 bits per heavy atom. The lowest BCUT2D eigenvalue weighted by atomic mass is 9.92. The first-order chi connectivity index (χ1) is 8.74. The molecule has 2 aliphatic heterocycles. The van der Waals surface area contributed by atoms with Gasteiger partial charge >= 0.3 is 0 Å². The third-order valence-electron chi connectivity index (χ3n) is 3.85. The van der Waals surface area contributed by atoms with Crippen molar-refractivity contribution in [2.45, 2.75) is 37.7 Å². The highest BCUT2D eigenvalue weighted by Crippen LogP contribution is 2.38. The molecule has 3 atom stereocenters. The van der Waals surface area contributed by atoms with Crippen molar-refractivity contribution in [2.75, 3.05) is 13.2 Å². The molecule has 2 heterocycles. The lowest BCUT2D eigenvalue weighted by molar-refractivity contribution is 0.0531. The van der Waals surface area contributed by atoms with Crippen LogP contribution in [0.3, 0.4) is 0 Å². The van der Waals surface area contributed by atoms with Crippen molar-refractivity contribution in [3.63, 3.8) is 0 Å². The molecule has 0 amide bonds. The van der Waals surface area contributed by atoms with Crippen molar-refractivity contribution in [3.05, 3.63) is 29.3 Å². The summed E-state index contributed by atoms with van der Waals surface area (Å²) >= 11 is 6.60. The standard InChI is InChI=1S/C15H19ClO2/c1-10-7-13-8-11(4-5-14(13)18-10)15(16)12-3-2-6-17-9-12/h4-5,8,10,12,15H,2-3,6-7,9H2,1H3. The Hall–Kier alpha value is -0.730. The predicted octanol–water partition coefficient (Wildman–Crippen LogP) is 3.72. The third-order valence-corrected chi connectivity index (χ3v) is 4.46. The zero-order valence-corrected chi connectivity index (χ0v) is 11.5. The summed E-state index contributed by atoms with van der Waals surface area (Å²) in [4.78, 5) is 0.